The number of thiazole rings is 1. The van der Waals surface area contributed by atoms with Gasteiger partial charge in [-0.3, -0.25) is 10.1 Å². The van der Waals surface area contributed by atoms with Crippen molar-refractivity contribution in [3.63, 3.8) is 0 Å². The fourth-order valence-corrected chi connectivity index (χ4v) is 3.89. The molecule has 0 aliphatic heterocycles. The minimum Gasteiger partial charge on any atom is -0.360 e. The topological polar surface area (TPSA) is 88.6 Å². The van der Waals surface area contributed by atoms with E-state index in [0.717, 1.165) is 22.6 Å². The number of nitro groups is 1. The summed E-state index contributed by atoms with van der Waals surface area (Å²) in [4.78, 5) is 19.2. The van der Waals surface area contributed by atoms with E-state index in [9.17, 15) is 10.1 Å². The van der Waals surface area contributed by atoms with Gasteiger partial charge in [0.1, 0.15) is 0 Å². The van der Waals surface area contributed by atoms with Gasteiger partial charge in [-0.05, 0) is 47.9 Å². The molecule has 156 valence electrons. The number of nitrogens with zero attached hydrogens (tertiary/aromatic N) is 4. The molecule has 0 aliphatic rings. The maximum absolute atomic E-state index is 11.0. The van der Waals surface area contributed by atoms with Crippen molar-refractivity contribution in [1.29, 1.82) is 0 Å². The predicted molar refractivity (Wildman–Crippen MR) is 124 cm³/mol. The minimum atomic E-state index is -0.406. The van der Waals surface area contributed by atoms with Crippen molar-refractivity contribution in [3.05, 3.63) is 98.4 Å². The summed E-state index contributed by atoms with van der Waals surface area (Å²) >= 11 is 1.46. The van der Waals surface area contributed by atoms with Gasteiger partial charge in [-0.15, -0.1) is 11.3 Å². The summed E-state index contributed by atoms with van der Waals surface area (Å²) < 4.78 is 1.75. The van der Waals surface area contributed by atoms with E-state index in [2.05, 4.69) is 36.1 Å². The Labute approximate surface area is 183 Å². The Morgan fingerprint density at radius 1 is 1.10 bits per heavy atom. The standard InChI is InChI=1S/C23H21N5O2S/c1-16(2)17-5-9-19(10-6-17)26-23-27(25-14-20-4-3-13-24-20)22(15-31-23)18-7-11-21(12-8-18)28(29)30/h3-16,24H,1-2H3. The Morgan fingerprint density at radius 2 is 1.84 bits per heavy atom. The fourth-order valence-electron chi connectivity index (χ4n) is 3.03. The van der Waals surface area contributed by atoms with Crippen LogP contribution in [0, 0.1) is 10.1 Å². The summed E-state index contributed by atoms with van der Waals surface area (Å²) in [5.41, 5.74) is 4.64. The van der Waals surface area contributed by atoms with Crippen LogP contribution in [0.4, 0.5) is 11.4 Å². The summed E-state index contributed by atoms with van der Waals surface area (Å²) in [5, 5.41) is 17.6. The van der Waals surface area contributed by atoms with E-state index in [-0.39, 0.29) is 5.69 Å². The minimum absolute atomic E-state index is 0.0515. The fraction of sp³-hybridized carbons (Fsp3) is 0.130. The second-order valence-corrected chi connectivity index (χ2v) is 8.08. The monoisotopic (exact) mass is 431 g/mol. The molecule has 0 aliphatic carbocycles. The highest BCUT2D eigenvalue weighted by Gasteiger charge is 2.11. The lowest BCUT2D eigenvalue weighted by molar-refractivity contribution is -0.384. The molecule has 8 heteroatoms. The van der Waals surface area contributed by atoms with Gasteiger partial charge in [0.05, 0.1) is 28.2 Å². The number of aromatic nitrogens is 2. The second-order valence-electron chi connectivity index (χ2n) is 7.25. The van der Waals surface area contributed by atoms with Crippen LogP contribution in [0.3, 0.4) is 0 Å². The molecule has 0 atom stereocenters. The van der Waals surface area contributed by atoms with Gasteiger partial charge in [0, 0.05) is 29.3 Å². The van der Waals surface area contributed by atoms with Gasteiger partial charge in [0.15, 0.2) is 0 Å². The Kier molecular flexibility index (Phi) is 5.90. The van der Waals surface area contributed by atoms with E-state index in [1.54, 1.807) is 23.0 Å². The van der Waals surface area contributed by atoms with Gasteiger partial charge in [-0.2, -0.15) is 5.10 Å². The molecule has 0 unspecified atom stereocenters. The van der Waals surface area contributed by atoms with Crippen LogP contribution in [0.2, 0.25) is 0 Å². The van der Waals surface area contributed by atoms with E-state index in [1.807, 2.05) is 35.8 Å². The smallest absolute Gasteiger partial charge is 0.269 e. The first-order valence-electron chi connectivity index (χ1n) is 9.79. The van der Waals surface area contributed by atoms with Crippen LogP contribution < -0.4 is 4.80 Å². The largest absolute Gasteiger partial charge is 0.360 e. The molecule has 1 N–H and O–H groups in total. The SMILES string of the molecule is CC(C)c1ccc(N=c2scc(-c3ccc([N+](=O)[O-])cc3)n2N=Cc2ccc[nH]2)cc1. The number of nitro benzene ring substituents is 1. The predicted octanol–water partition coefficient (Wildman–Crippen LogP) is 5.69. The molecule has 0 saturated carbocycles. The van der Waals surface area contributed by atoms with Crippen LogP contribution in [0.5, 0.6) is 0 Å². The van der Waals surface area contributed by atoms with Crippen molar-refractivity contribution in [2.24, 2.45) is 10.1 Å². The lowest BCUT2D eigenvalue weighted by atomic mass is 10.0. The number of hydrogen-bond donors (Lipinski definition) is 1. The Morgan fingerprint density at radius 3 is 2.45 bits per heavy atom. The Balaban J connectivity index is 1.78. The van der Waals surface area contributed by atoms with Crippen LogP contribution in [0.15, 0.2) is 82.3 Å². The van der Waals surface area contributed by atoms with Gasteiger partial charge >= 0.3 is 0 Å². The van der Waals surface area contributed by atoms with Crippen LogP contribution >= 0.6 is 11.3 Å². The van der Waals surface area contributed by atoms with Crippen molar-refractivity contribution < 1.29 is 4.92 Å². The van der Waals surface area contributed by atoms with Crippen molar-refractivity contribution in [1.82, 2.24) is 9.66 Å². The van der Waals surface area contributed by atoms with Crippen LogP contribution in [-0.2, 0) is 0 Å². The Bertz CT molecular complexity index is 1270. The highest BCUT2D eigenvalue weighted by atomic mass is 32.1. The zero-order valence-electron chi connectivity index (χ0n) is 17.1. The third-order valence-corrected chi connectivity index (χ3v) is 5.59. The van der Waals surface area contributed by atoms with Crippen molar-refractivity contribution in [3.8, 4) is 11.3 Å². The van der Waals surface area contributed by atoms with Gasteiger partial charge in [0.2, 0.25) is 4.80 Å². The summed E-state index contributed by atoms with van der Waals surface area (Å²) in [6.45, 7) is 4.32. The number of hydrogen-bond acceptors (Lipinski definition) is 5. The number of benzene rings is 2. The van der Waals surface area contributed by atoms with Crippen molar-refractivity contribution >= 4 is 28.9 Å². The van der Waals surface area contributed by atoms with Crippen molar-refractivity contribution in [2.45, 2.75) is 19.8 Å². The summed E-state index contributed by atoms with van der Waals surface area (Å²) in [6, 6.07) is 18.4. The highest BCUT2D eigenvalue weighted by molar-refractivity contribution is 7.07. The van der Waals surface area contributed by atoms with E-state index in [4.69, 9.17) is 4.99 Å². The average Bonchev–Trinajstić information content (AvgIpc) is 3.42. The molecule has 2 heterocycles. The molecule has 0 spiro atoms. The Hall–Kier alpha value is -3.78. The highest BCUT2D eigenvalue weighted by Crippen LogP contribution is 2.24. The van der Waals surface area contributed by atoms with Gasteiger partial charge < -0.3 is 4.98 Å². The van der Waals surface area contributed by atoms with Gasteiger partial charge in [0.25, 0.3) is 5.69 Å². The van der Waals surface area contributed by atoms with Crippen LogP contribution in [-0.4, -0.2) is 20.8 Å². The molecule has 4 rings (SSSR count). The summed E-state index contributed by atoms with van der Waals surface area (Å²) in [6.07, 6.45) is 3.56. The van der Waals surface area contributed by atoms with E-state index >= 15 is 0 Å². The first-order valence-corrected chi connectivity index (χ1v) is 10.7. The number of non-ortho nitro benzene ring substituents is 1. The molecule has 0 amide bonds. The molecular formula is C23H21N5O2S. The maximum Gasteiger partial charge on any atom is 0.269 e. The number of nitrogens with one attached hydrogen (secondary N) is 1. The summed E-state index contributed by atoms with van der Waals surface area (Å²) in [5.74, 6) is 0.458. The van der Waals surface area contributed by atoms with E-state index in [0.29, 0.717) is 10.7 Å². The lowest BCUT2D eigenvalue weighted by Gasteiger charge is -2.05. The molecule has 2 aromatic carbocycles. The maximum atomic E-state index is 11.0. The first-order chi connectivity index (χ1) is 15.0. The quantitative estimate of drug-likeness (QED) is 0.241. The summed E-state index contributed by atoms with van der Waals surface area (Å²) in [7, 11) is 0. The third-order valence-electron chi connectivity index (χ3n) is 4.78. The number of rotatable bonds is 6. The number of H-pyrrole nitrogens is 1. The molecule has 4 aromatic rings. The molecule has 0 bridgehead atoms. The van der Waals surface area contributed by atoms with E-state index < -0.39 is 4.92 Å². The van der Waals surface area contributed by atoms with Crippen LogP contribution in [0.1, 0.15) is 31.0 Å². The van der Waals surface area contributed by atoms with Gasteiger partial charge in [-0.25, -0.2) is 9.67 Å². The third kappa shape index (κ3) is 4.70. The molecular weight excluding hydrogens is 410 g/mol. The number of aromatic amines is 1. The first kappa shape index (κ1) is 20.5. The van der Waals surface area contributed by atoms with Crippen molar-refractivity contribution in [2.75, 3.05) is 0 Å². The molecule has 0 radical (unpaired) electrons. The molecule has 7 nitrogen and oxygen atoms in total. The molecule has 0 saturated heterocycles. The van der Waals surface area contributed by atoms with E-state index in [1.165, 1.54) is 29.0 Å². The van der Waals surface area contributed by atoms with Crippen LogP contribution in [0.25, 0.3) is 11.3 Å². The molecule has 0 fully saturated rings. The van der Waals surface area contributed by atoms with Gasteiger partial charge in [-0.1, -0.05) is 26.0 Å². The normalized spacial score (nSPS) is 12.2. The second kappa shape index (κ2) is 8.93. The molecule has 31 heavy (non-hydrogen) atoms. The molecule has 2 aromatic heterocycles. The lowest BCUT2D eigenvalue weighted by Crippen LogP contribution is -2.11. The zero-order chi connectivity index (χ0) is 21.8. The average molecular weight is 432 g/mol. The zero-order valence-corrected chi connectivity index (χ0v) is 17.9.